The number of nitriles is 1. The van der Waals surface area contributed by atoms with E-state index in [9.17, 15) is 9.59 Å². The molecule has 21 heavy (non-hydrogen) atoms. The lowest BCUT2D eigenvalue weighted by molar-refractivity contribution is 0.0686. The van der Waals surface area contributed by atoms with Gasteiger partial charge in [-0.3, -0.25) is 4.79 Å². The summed E-state index contributed by atoms with van der Waals surface area (Å²) in [6, 6.07) is 8.57. The zero-order chi connectivity index (χ0) is 15.6. The van der Waals surface area contributed by atoms with Crippen molar-refractivity contribution in [3.8, 4) is 11.8 Å². The van der Waals surface area contributed by atoms with Gasteiger partial charge in [-0.2, -0.15) is 10.4 Å². The van der Waals surface area contributed by atoms with Gasteiger partial charge in [0.1, 0.15) is 0 Å². The van der Waals surface area contributed by atoms with Crippen LogP contribution < -0.4 is 5.43 Å². The Morgan fingerprint density at radius 1 is 1.52 bits per heavy atom. The smallest absolute Gasteiger partial charge is 0.360 e. The second kappa shape index (κ2) is 5.89. The SMILES string of the molecule is CCc1c(Br)c(=O)c(C(=O)O)nn1-c1cccc(C#N)c1. The van der Waals surface area contributed by atoms with Crippen LogP contribution in [0.25, 0.3) is 5.69 Å². The monoisotopic (exact) mass is 347 g/mol. The van der Waals surface area contributed by atoms with Gasteiger partial charge in [-0.05, 0) is 40.5 Å². The molecular weight excluding hydrogens is 338 g/mol. The van der Waals surface area contributed by atoms with Gasteiger partial charge in [0.15, 0.2) is 0 Å². The Morgan fingerprint density at radius 3 is 2.81 bits per heavy atom. The fourth-order valence-electron chi connectivity index (χ4n) is 1.90. The van der Waals surface area contributed by atoms with Crippen LogP contribution in [0.1, 0.15) is 28.7 Å². The standard InChI is InChI=1S/C14H10BrN3O3/c1-2-10-11(15)13(19)12(14(20)21)17-18(10)9-5-3-4-8(6-9)7-16/h3-6H,2H2,1H3,(H,20,21). The van der Waals surface area contributed by atoms with Crippen molar-refractivity contribution in [2.24, 2.45) is 0 Å². The molecule has 1 aromatic carbocycles. The zero-order valence-electron chi connectivity index (χ0n) is 11.0. The largest absolute Gasteiger partial charge is 0.476 e. The van der Waals surface area contributed by atoms with Crippen LogP contribution in [0.2, 0.25) is 0 Å². The molecule has 0 unspecified atom stereocenters. The maximum Gasteiger partial charge on any atom is 0.360 e. The van der Waals surface area contributed by atoms with E-state index in [1.54, 1.807) is 24.3 Å². The van der Waals surface area contributed by atoms with Crippen molar-refractivity contribution in [1.29, 1.82) is 5.26 Å². The predicted molar refractivity (Wildman–Crippen MR) is 78.6 cm³/mol. The minimum Gasteiger partial charge on any atom is -0.476 e. The molecule has 7 heteroatoms. The molecule has 6 nitrogen and oxygen atoms in total. The Bertz CT molecular complexity index is 821. The Labute approximate surface area is 128 Å². The molecule has 0 saturated carbocycles. The third-order valence-electron chi connectivity index (χ3n) is 2.88. The first-order valence-corrected chi connectivity index (χ1v) is 6.84. The third kappa shape index (κ3) is 2.71. The van der Waals surface area contributed by atoms with E-state index < -0.39 is 17.1 Å². The highest BCUT2D eigenvalue weighted by atomic mass is 79.9. The number of rotatable bonds is 3. The molecule has 1 N–H and O–H groups in total. The summed E-state index contributed by atoms with van der Waals surface area (Å²) in [5, 5.41) is 21.9. The molecular formula is C14H10BrN3O3. The first-order valence-electron chi connectivity index (χ1n) is 6.05. The van der Waals surface area contributed by atoms with Crippen molar-refractivity contribution < 1.29 is 9.90 Å². The van der Waals surface area contributed by atoms with E-state index in [-0.39, 0.29) is 4.47 Å². The molecule has 0 bridgehead atoms. The number of hydrogen-bond donors (Lipinski definition) is 1. The number of halogens is 1. The molecule has 0 spiro atoms. The van der Waals surface area contributed by atoms with Crippen LogP contribution in [0, 0.1) is 11.3 Å². The lowest BCUT2D eigenvalue weighted by Crippen LogP contribution is -2.25. The third-order valence-corrected chi connectivity index (χ3v) is 3.70. The highest BCUT2D eigenvalue weighted by Crippen LogP contribution is 2.18. The van der Waals surface area contributed by atoms with Gasteiger partial charge in [0, 0.05) is 0 Å². The fourth-order valence-corrected chi connectivity index (χ4v) is 2.54. The number of carbonyl (C=O) groups is 1. The maximum atomic E-state index is 11.9. The molecule has 0 amide bonds. The van der Waals surface area contributed by atoms with Crippen LogP contribution in [0.4, 0.5) is 0 Å². The predicted octanol–water partition coefficient (Wildman–Crippen LogP) is 2.13. The lowest BCUT2D eigenvalue weighted by atomic mass is 10.2. The Hall–Kier alpha value is -2.46. The molecule has 2 aromatic rings. The molecule has 0 saturated heterocycles. The van der Waals surface area contributed by atoms with Crippen molar-refractivity contribution in [2.75, 3.05) is 0 Å². The minimum absolute atomic E-state index is 0.166. The lowest BCUT2D eigenvalue weighted by Gasteiger charge is -2.13. The van der Waals surface area contributed by atoms with Crippen LogP contribution in [0.3, 0.4) is 0 Å². The number of carboxylic acids is 1. The van der Waals surface area contributed by atoms with Gasteiger partial charge in [-0.25, -0.2) is 9.48 Å². The molecule has 0 radical (unpaired) electrons. The molecule has 0 aliphatic carbocycles. The van der Waals surface area contributed by atoms with E-state index >= 15 is 0 Å². The van der Waals surface area contributed by atoms with E-state index in [0.29, 0.717) is 23.4 Å². The van der Waals surface area contributed by atoms with E-state index in [2.05, 4.69) is 21.0 Å². The molecule has 1 aromatic heterocycles. The summed E-state index contributed by atoms with van der Waals surface area (Å²) in [4.78, 5) is 23.1. The van der Waals surface area contributed by atoms with E-state index in [0.717, 1.165) is 0 Å². The number of aromatic nitrogens is 2. The van der Waals surface area contributed by atoms with Crippen molar-refractivity contribution >= 4 is 21.9 Å². The van der Waals surface area contributed by atoms with Crippen molar-refractivity contribution in [3.63, 3.8) is 0 Å². The Kier molecular flexibility index (Phi) is 4.19. The highest BCUT2D eigenvalue weighted by molar-refractivity contribution is 9.10. The number of benzene rings is 1. The number of hydrogen-bond acceptors (Lipinski definition) is 4. The first kappa shape index (κ1) is 14.9. The van der Waals surface area contributed by atoms with Crippen LogP contribution in [-0.2, 0) is 6.42 Å². The quantitative estimate of drug-likeness (QED) is 0.917. The molecule has 0 aliphatic heterocycles. The zero-order valence-corrected chi connectivity index (χ0v) is 12.6. The Balaban J connectivity index is 2.81. The molecule has 0 atom stereocenters. The van der Waals surface area contributed by atoms with Gasteiger partial charge in [0.05, 0.1) is 27.5 Å². The van der Waals surface area contributed by atoms with E-state index in [4.69, 9.17) is 10.4 Å². The van der Waals surface area contributed by atoms with E-state index in [1.807, 2.05) is 13.0 Å². The second-order valence-corrected chi connectivity index (χ2v) is 4.96. The maximum absolute atomic E-state index is 11.9. The second-order valence-electron chi connectivity index (χ2n) is 4.17. The number of nitrogens with zero attached hydrogens (tertiary/aromatic N) is 3. The van der Waals surface area contributed by atoms with E-state index in [1.165, 1.54) is 4.68 Å². The normalized spacial score (nSPS) is 10.1. The topological polar surface area (TPSA) is 96.0 Å². The summed E-state index contributed by atoms with van der Waals surface area (Å²) in [6.07, 6.45) is 0.472. The number of carboxylic acid groups (broad SMARTS) is 1. The average Bonchev–Trinajstić information content (AvgIpc) is 2.49. The van der Waals surface area contributed by atoms with Crippen LogP contribution >= 0.6 is 15.9 Å². The van der Waals surface area contributed by atoms with Crippen molar-refractivity contribution in [1.82, 2.24) is 9.78 Å². The Morgan fingerprint density at radius 2 is 2.24 bits per heavy atom. The summed E-state index contributed by atoms with van der Waals surface area (Å²) >= 11 is 3.14. The van der Waals surface area contributed by atoms with Gasteiger partial charge < -0.3 is 5.11 Å². The first-order chi connectivity index (χ1) is 9.99. The van der Waals surface area contributed by atoms with Gasteiger partial charge in [0.25, 0.3) is 0 Å². The van der Waals surface area contributed by atoms with Gasteiger partial charge in [-0.1, -0.05) is 13.0 Å². The summed E-state index contributed by atoms with van der Waals surface area (Å²) in [5.74, 6) is -1.39. The summed E-state index contributed by atoms with van der Waals surface area (Å²) in [6.45, 7) is 1.83. The summed E-state index contributed by atoms with van der Waals surface area (Å²) in [7, 11) is 0. The molecule has 1 heterocycles. The van der Waals surface area contributed by atoms with Gasteiger partial charge in [0.2, 0.25) is 11.1 Å². The van der Waals surface area contributed by atoms with Crippen molar-refractivity contribution in [2.45, 2.75) is 13.3 Å². The average molecular weight is 348 g/mol. The van der Waals surface area contributed by atoms with Gasteiger partial charge in [-0.15, -0.1) is 0 Å². The van der Waals surface area contributed by atoms with Crippen LogP contribution in [0.15, 0.2) is 33.5 Å². The van der Waals surface area contributed by atoms with Crippen LogP contribution in [-0.4, -0.2) is 20.9 Å². The minimum atomic E-state index is -1.39. The fraction of sp³-hybridized carbons (Fsp3) is 0.143. The van der Waals surface area contributed by atoms with Gasteiger partial charge >= 0.3 is 5.97 Å². The molecule has 2 rings (SSSR count). The molecule has 0 aliphatic rings. The van der Waals surface area contributed by atoms with Crippen LogP contribution in [0.5, 0.6) is 0 Å². The molecule has 0 fully saturated rings. The summed E-state index contributed by atoms with van der Waals surface area (Å²) in [5.41, 5.74) is 0.255. The molecule has 106 valence electrons. The number of aromatic carboxylic acids is 1. The van der Waals surface area contributed by atoms with Crippen molar-refractivity contribution in [3.05, 3.63) is 55.9 Å². The highest BCUT2D eigenvalue weighted by Gasteiger charge is 2.19. The summed E-state index contributed by atoms with van der Waals surface area (Å²) < 4.78 is 1.54.